The van der Waals surface area contributed by atoms with Crippen LogP contribution in [0.1, 0.15) is 40.4 Å². The Morgan fingerprint density at radius 3 is 2.61 bits per heavy atom. The number of nitrogens with zero attached hydrogens (tertiary/aromatic N) is 1. The molecular formula is C18H22N2O2S. The fourth-order valence-electron chi connectivity index (χ4n) is 1.86. The lowest BCUT2D eigenvalue weighted by atomic mass is 10.1. The number of rotatable bonds is 7. The van der Waals surface area contributed by atoms with E-state index in [1.807, 2.05) is 31.2 Å². The van der Waals surface area contributed by atoms with Crippen molar-refractivity contribution in [3.63, 3.8) is 0 Å². The molecule has 122 valence electrons. The zero-order chi connectivity index (χ0) is 16.7. The van der Waals surface area contributed by atoms with Crippen LogP contribution in [-0.4, -0.2) is 18.7 Å². The predicted octanol–water partition coefficient (Wildman–Crippen LogP) is 4.25. The maximum absolute atomic E-state index is 12.0. The second-order valence-electron chi connectivity index (χ2n) is 5.70. The molecule has 1 N–H and O–H groups in total. The summed E-state index contributed by atoms with van der Waals surface area (Å²) in [6.45, 7) is 7.04. The first kappa shape index (κ1) is 17.2. The van der Waals surface area contributed by atoms with Crippen molar-refractivity contribution in [1.29, 1.82) is 0 Å². The lowest BCUT2D eigenvalue weighted by Crippen LogP contribution is -2.17. The number of nitrogens with one attached hydrogen (secondary N) is 1. The van der Waals surface area contributed by atoms with Crippen molar-refractivity contribution in [3.05, 3.63) is 51.7 Å². The number of ether oxygens (including phenoxy) is 1. The van der Waals surface area contributed by atoms with Crippen LogP contribution < -0.4 is 10.2 Å². The topological polar surface area (TPSA) is 50.7 Å². The van der Waals surface area contributed by atoms with Gasteiger partial charge in [-0.15, -0.1) is 11.3 Å². The van der Waals surface area contributed by atoms with E-state index in [0.29, 0.717) is 18.1 Å². The second-order valence-corrected chi connectivity index (χ2v) is 7.02. The first-order valence-corrected chi connectivity index (χ1v) is 8.49. The molecule has 23 heavy (non-hydrogen) atoms. The number of hydrazone groups is 1. The van der Waals surface area contributed by atoms with Crippen LogP contribution in [0.5, 0.6) is 5.75 Å². The number of hydrogen-bond donors (Lipinski definition) is 1. The fraction of sp³-hybridized carbons (Fsp3) is 0.333. The third-order valence-corrected chi connectivity index (χ3v) is 4.13. The van der Waals surface area contributed by atoms with Gasteiger partial charge < -0.3 is 4.74 Å². The van der Waals surface area contributed by atoms with Crippen molar-refractivity contribution in [1.82, 2.24) is 5.43 Å². The van der Waals surface area contributed by atoms with Gasteiger partial charge in [-0.05, 0) is 55.7 Å². The summed E-state index contributed by atoms with van der Waals surface area (Å²) in [7, 11) is 0. The van der Waals surface area contributed by atoms with Crippen molar-refractivity contribution in [2.75, 3.05) is 6.61 Å². The summed E-state index contributed by atoms with van der Waals surface area (Å²) >= 11 is 1.63. The molecule has 0 fully saturated rings. The SMILES string of the molecule is Cc1ccc(/C=N/NC(=O)c2ccc(OCCC(C)C)cc2)s1. The van der Waals surface area contributed by atoms with Crippen LogP contribution in [0.2, 0.25) is 0 Å². The van der Waals surface area contributed by atoms with E-state index in [1.165, 1.54) is 4.88 Å². The Kier molecular flexibility index (Phi) is 6.35. The summed E-state index contributed by atoms with van der Waals surface area (Å²) in [6.07, 6.45) is 2.66. The Morgan fingerprint density at radius 2 is 2.00 bits per heavy atom. The highest BCUT2D eigenvalue weighted by Gasteiger charge is 2.04. The zero-order valence-corrected chi connectivity index (χ0v) is 14.5. The van der Waals surface area contributed by atoms with Gasteiger partial charge in [-0.3, -0.25) is 4.79 Å². The molecule has 1 amide bonds. The normalized spacial score (nSPS) is 11.1. The standard InChI is InChI=1S/C18H22N2O2S/c1-13(2)10-11-22-16-7-5-15(6-8-16)18(21)20-19-12-17-9-4-14(3)23-17/h4-9,12-13H,10-11H2,1-3H3,(H,20,21)/b19-12+. The molecule has 1 aromatic carbocycles. The Bertz CT molecular complexity index is 660. The molecule has 2 rings (SSSR count). The molecular weight excluding hydrogens is 308 g/mol. The van der Waals surface area contributed by atoms with Gasteiger partial charge in [0.25, 0.3) is 5.91 Å². The quantitative estimate of drug-likeness (QED) is 0.609. The van der Waals surface area contributed by atoms with Crippen LogP contribution in [0.3, 0.4) is 0 Å². The lowest BCUT2D eigenvalue weighted by Gasteiger charge is -2.08. The van der Waals surface area contributed by atoms with E-state index >= 15 is 0 Å². The summed E-state index contributed by atoms with van der Waals surface area (Å²) in [5.74, 6) is 1.16. The van der Waals surface area contributed by atoms with E-state index in [-0.39, 0.29) is 5.91 Å². The molecule has 0 bridgehead atoms. The van der Waals surface area contributed by atoms with Crippen LogP contribution in [0.25, 0.3) is 0 Å². The maximum Gasteiger partial charge on any atom is 0.271 e. The molecule has 0 radical (unpaired) electrons. The molecule has 0 spiro atoms. The first-order chi connectivity index (χ1) is 11.0. The summed E-state index contributed by atoms with van der Waals surface area (Å²) < 4.78 is 5.63. The van der Waals surface area contributed by atoms with Crippen LogP contribution in [-0.2, 0) is 0 Å². The zero-order valence-electron chi connectivity index (χ0n) is 13.7. The smallest absolute Gasteiger partial charge is 0.271 e. The minimum Gasteiger partial charge on any atom is -0.494 e. The number of hydrogen-bond acceptors (Lipinski definition) is 4. The fourth-order valence-corrected chi connectivity index (χ4v) is 2.61. The molecule has 0 saturated heterocycles. The largest absolute Gasteiger partial charge is 0.494 e. The van der Waals surface area contributed by atoms with Crippen molar-refractivity contribution >= 4 is 23.5 Å². The number of benzene rings is 1. The molecule has 0 aliphatic rings. The summed E-state index contributed by atoms with van der Waals surface area (Å²) in [5.41, 5.74) is 3.09. The summed E-state index contributed by atoms with van der Waals surface area (Å²) in [5, 5.41) is 3.98. The summed E-state index contributed by atoms with van der Waals surface area (Å²) in [6, 6.07) is 11.1. The van der Waals surface area contributed by atoms with Crippen LogP contribution in [0.4, 0.5) is 0 Å². The van der Waals surface area contributed by atoms with Gasteiger partial charge in [-0.25, -0.2) is 5.43 Å². The first-order valence-electron chi connectivity index (χ1n) is 7.67. The molecule has 2 aromatic rings. The van der Waals surface area contributed by atoms with Gasteiger partial charge in [-0.2, -0.15) is 5.10 Å². The second kappa shape index (κ2) is 8.48. The van der Waals surface area contributed by atoms with Gasteiger partial charge in [0, 0.05) is 15.3 Å². The molecule has 1 aromatic heterocycles. The molecule has 0 unspecified atom stereocenters. The number of carbonyl (C=O) groups is 1. The average molecular weight is 330 g/mol. The van der Waals surface area contributed by atoms with Gasteiger partial charge in [-0.1, -0.05) is 13.8 Å². The lowest BCUT2D eigenvalue weighted by molar-refractivity contribution is 0.0955. The molecule has 0 atom stereocenters. The van der Waals surface area contributed by atoms with Crippen molar-refractivity contribution < 1.29 is 9.53 Å². The van der Waals surface area contributed by atoms with E-state index in [2.05, 4.69) is 24.4 Å². The highest BCUT2D eigenvalue weighted by atomic mass is 32.1. The minimum absolute atomic E-state index is 0.233. The molecule has 1 heterocycles. The number of thiophene rings is 1. The molecule has 5 heteroatoms. The van der Waals surface area contributed by atoms with Gasteiger partial charge >= 0.3 is 0 Å². The van der Waals surface area contributed by atoms with E-state index in [1.54, 1.807) is 29.7 Å². The Balaban J connectivity index is 1.83. The highest BCUT2D eigenvalue weighted by molar-refractivity contribution is 7.13. The Morgan fingerprint density at radius 1 is 1.26 bits per heavy atom. The van der Waals surface area contributed by atoms with E-state index in [0.717, 1.165) is 17.0 Å². The van der Waals surface area contributed by atoms with Gasteiger partial charge in [0.2, 0.25) is 0 Å². The minimum atomic E-state index is -0.233. The van der Waals surface area contributed by atoms with Crippen LogP contribution in [0.15, 0.2) is 41.5 Å². The van der Waals surface area contributed by atoms with E-state index in [4.69, 9.17) is 4.74 Å². The number of carbonyl (C=O) groups excluding carboxylic acids is 1. The van der Waals surface area contributed by atoms with Crippen molar-refractivity contribution in [2.24, 2.45) is 11.0 Å². The van der Waals surface area contributed by atoms with Gasteiger partial charge in [0.15, 0.2) is 0 Å². The molecule has 4 nitrogen and oxygen atoms in total. The van der Waals surface area contributed by atoms with E-state index in [9.17, 15) is 4.79 Å². The van der Waals surface area contributed by atoms with Crippen molar-refractivity contribution in [3.8, 4) is 5.75 Å². The maximum atomic E-state index is 12.0. The number of aryl methyl sites for hydroxylation is 1. The van der Waals surface area contributed by atoms with E-state index < -0.39 is 0 Å². The third kappa shape index (κ3) is 5.87. The van der Waals surface area contributed by atoms with Crippen LogP contribution >= 0.6 is 11.3 Å². The highest BCUT2D eigenvalue weighted by Crippen LogP contribution is 2.14. The monoisotopic (exact) mass is 330 g/mol. The predicted molar refractivity (Wildman–Crippen MR) is 95.5 cm³/mol. The molecule has 0 aliphatic heterocycles. The van der Waals surface area contributed by atoms with Crippen molar-refractivity contribution in [2.45, 2.75) is 27.2 Å². The summed E-state index contributed by atoms with van der Waals surface area (Å²) in [4.78, 5) is 14.2. The number of amides is 1. The van der Waals surface area contributed by atoms with Gasteiger partial charge in [0.05, 0.1) is 12.8 Å². The van der Waals surface area contributed by atoms with Crippen LogP contribution in [0, 0.1) is 12.8 Å². The Labute approximate surface area is 141 Å². The average Bonchev–Trinajstić information content (AvgIpc) is 2.93. The van der Waals surface area contributed by atoms with Gasteiger partial charge in [0.1, 0.15) is 5.75 Å². The molecule has 0 aliphatic carbocycles. The Hall–Kier alpha value is -2.14. The molecule has 0 saturated carbocycles. The third-order valence-electron chi connectivity index (χ3n) is 3.20.